The lowest BCUT2D eigenvalue weighted by atomic mass is 10.0. The molecule has 0 rings (SSSR count). The predicted molar refractivity (Wildman–Crippen MR) is 111 cm³/mol. The Bertz CT molecular complexity index is 334. The second-order valence-electron chi connectivity index (χ2n) is 6.93. The number of rotatable bonds is 17. The van der Waals surface area contributed by atoms with Gasteiger partial charge in [0.05, 0.1) is 0 Å². The third-order valence-corrected chi connectivity index (χ3v) is 4.35. The average molecular weight is 334 g/mol. The van der Waals surface area contributed by atoms with Gasteiger partial charge in [-0.25, -0.2) is 0 Å². The van der Waals surface area contributed by atoms with Crippen molar-refractivity contribution in [3.8, 4) is 0 Å². The van der Waals surface area contributed by atoms with Gasteiger partial charge in [-0.2, -0.15) is 0 Å². The summed E-state index contributed by atoms with van der Waals surface area (Å²) in [5.74, 6) is 0. The van der Waals surface area contributed by atoms with Gasteiger partial charge in [0.1, 0.15) is 0 Å². The Morgan fingerprint density at radius 3 is 1.92 bits per heavy atom. The first-order valence-electron chi connectivity index (χ1n) is 10.8. The van der Waals surface area contributed by atoms with E-state index in [1.807, 2.05) is 0 Å². The van der Waals surface area contributed by atoms with E-state index in [-0.39, 0.29) is 0 Å². The molecule has 0 fully saturated rings. The monoisotopic (exact) mass is 333 g/mol. The molecule has 0 aliphatic heterocycles. The van der Waals surface area contributed by atoms with E-state index in [2.05, 4.69) is 38.7 Å². The SMILES string of the molecule is CCCCCC=C=CCCCCCCCCC(CCC)=NCCC. The Morgan fingerprint density at radius 2 is 1.29 bits per heavy atom. The molecule has 0 bridgehead atoms. The summed E-state index contributed by atoms with van der Waals surface area (Å²) in [6.07, 6.45) is 23.9. The molecule has 0 aromatic rings. The lowest BCUT2D eigenvalue weighted by molar-refractivity contribution is 0.602. The molecule has 0 aromatic carbocycles. The number of hydrogen-bond acceptors (Lipinski definition) is 1. The van der Waals surface area contributed by atoms with Crippen LogP contribution in [0, 0.1) is 0 Å². The van der Waals surface area contributed by atoms with Gasteiger partial charge >= 0.3 is 0 Å². The van der Waals surface area contributed by atoms with E-state index in [0.29, 0.717) is 0 Å². The van der Waals surface area contributed by atoms with Crippen LogP contribution in [0.4, 0.5) is 0 Å². The van der Waals surface area contributed by atoms with Gasteiger partial charge in [-0.1, -0.05) is 65.7 Å². The number of unbranched alkanes of at least 4 members (excludes halogenated alkanes) is 9. The molecular weight excluding hydrogens is 290 g/mol. The second kappa shape index (κ2) is 20.2. The smallest absolute Gasteiger partial charge is 0.0386 e. The zero-order valence-corrected chi connectivity index (χ0v) is 16.9. The molecule has 0 aliphatic carbocycles. The summed E-state index contributed by atoms with van der Waals surface area (Å²) in [4.78, 5) is 4.73. The van der Waals surface area contributed by atoms with Gasteiger partial charge in [0.25, 0.3) is 0 Å². The van der Waals surface area contributed by atoms with Crippen LogP contribution in [-0.2, 0) is 0 Å². The summed E-state index contributed by atoms with van der Waals surface area (Å²) in [6, 6.07) is 0. The van der Waals surface area contributed by atoms with Crippen LogP contribution >= 0.6 is 0 Å². The molecule has 24 heavy (non-hydrogen) atoms. The first-order chi connectivity index (χ1) is 11.8. The van der Waals surface area contributed by atoms with E-state index in [1.54, 1.807) is 0 Å². The fraction of sp³-hybridized carbons (Fsp3) is 0.826. The summed E-state index contributed by atoms with van der Waals surface area (Å²) >= 11 is 0. The minimum atomic E-state index is 1.02. The maximum absolute atomic E-state index is 4.73. The van der Waals surface area contributed by atoms with E-state index in [4.69, 9.17) is 4.99 Å². The van der Waals surface area contributed by atoms with Crippen molar-refractivity contribution in [2.45, 2.75) is 117 Å². The summed E-state index contributed by atoms with van der Waals surface area (Å²) < 4.78 is 0. The van der Waals surface area contributed by atoms with E-state index >= 15 is 0 Å². The summed E-state index contributed by atoms with van der Waals surface area (Å²) in [5.41, 5.74) is 4.80. The van der Waals surface area contributed by atoms with Crippen molar-refractivity contribution in [2.75, 3.05) is 6.54 Å². The zero-order chi connectivity index (χ0) is 17.7. The summed E-state index contributed by atoms with van der Waals surface area (Å²) in [6.45, 7) is 7.75. The molecule has 0 heterocycles. The van der Waals surface area contributed by atoms with Crippen LogP contribution in [0.5, 0.6) is 0 Å². The molecule has 1 nitrogen and oxygen atoms in total. The van der Waals surface area contributed by atoms with Gasteiger partial charge < -0.3 is 0 Å². The lowest BCUT2D eigenvalue weighted by Gasteiger charge is -2.05. The molecule has 0 saturated heterocycles. The maximum Gasteiger partial charge on any atom is 0.0386 e. The van der Waals surface area contributed by atoms with Crippen LogP contribution in [0.1, 0.15) is 117 Å². The molecule has 0 N–H and O–H groups in total. The molecule has 0 unspecified atom stereocenters. The first-order valence-corrected chi connectivity index (χ1v) is 10.8. The van der Waals surface area contributed by atoms with Crippen LogP contribution in [0.25, 0.3) is 0 Å². The van der Waals surface area contributed by atoms with Crippen molar-refractivity contribution < 1.29 is 0 Å². The number of hydrogen-bond donors (Lipinski definition) is 0. The molecule has 140 valence electrons. The molecule has 1 heteroatoms. The highest BCUT2D eigenvalue weighted by atomic mass is 14.7. The topological polar surface area (TPSA) is 12.4 Å². The standard InChI is InChI=1S/C23H43N/c1-4-7-8-9-10-11-12-13-14-15-16-17-18-19-21-23(20-5-2)24-22-6-3/h10,12H,4-9,13-22H2,1-3H3. The van der Waals surface area contributed by atoms with Gasteiger partial charge in [0.2, 0.25) is 0 Å². The lowest BCUT2D eigenvalue weighted by Crippen LogP contribution is -1.99. The minimum absolute atomic E-state index is 1.02. The van der Waals surface area contributed by atoms with E-state index in [0.717, 1.165) is 6.54 Å². The quantitative estimate of drug-likeness (QED) is 0.145. The van der Waals surface area contributed by atoms with Crippen molar-refractivity contribution in [1.29, 1.82) is 0 Å². The van der Waals surface area contributed by atoms with Gasteiger partial charge in [-0.05, 0) is 63.5 Å². The third kappa shape index (κ3) is 17.5. The maximum atomic E-state index is 4.73. The van der Waals surface area contributed by atoms with Crippen molar-refractivity contribution in [2.24, 2.45) is 4.99 Å². The van der Waals surface area contributed by atoms with Crippen LogP contribution in [0.15, 0.2) is 22.9 Å². The second-order valence-corrected chi connectivity index (χ2v) is 6.93. The Labute approximate surface area is 152 Å². The molecule has 0 saturated carbocycles. The van der Waals surface area contributed by atoms with Crippen molar-refractivity contribution in [3.05, 3.63) is 17.9 Å². The van der Waals surface area contributed by atoms with Gasteiger partial charge in [0.15, 0.2) is 0 Å². The van der Waals surface area contributed by atoms with Crippen LogP contribution in [0.3, 0.4) is 0 Å². The Kier molecular flexibility index (Phi) is 19.6. The fourth-order valence-corrected chi connectivity index (χ4v) is 2.87. The molecular formula is C23H43N. The zero-order valence-electron chi connectivity index (χ0n) is 16.9. The molecule has 0 spiro atoms. The largest absolute Gasteiger partial charge is 0.294 e. The molecule has 0 atom stereocenters. The van der Waals surface area contributed by atoms with Crippen molar-refractivity contribution >= 4 is 5.71 Å². The highest BCUT2D eigenvalue weighted by Crippen LogP contribution is 2.11. The Balaban J connectivity index is 3.45. The average Bonchev–Trinajstić information content (AvgIpc) is 2.59. The minimum Gasteiger partial charge on any atom is -0.294 e. The van der Waals surface area contributed by atoms with Crippen LogP contribution in [0.2, 0.25) is 0 Å². The van der Waals surface area contributed by atoms with E-state index in [9.17, 15) is 0 Å². The molecule has 0 aliphatic rings. The number of nitrogens with zero attached hydrogens (tertiary/aromatic N) is 1. The van der Waals surface area contributed by atoms with Crippen LogP contribution in [-0.4, -0.2) is 12.3 Å². The third-order valence-electron chi connectivity index (χ3n) is 4.35. The predicted octanol–water partition coefficient (Wildman–Crippen LogP) is 8.05. The summed E-state index contributed by atoms with van der Waals surface area (Å²) in [7, 11) is 0. The molecule has 0 amide bonds. The highest BCUT2D eigenvalue weighted by Gasteiger charge is 1.98. The number of allylic oxidation sites excluding steroid dienone is 1. The van der Waals surface area contributed by atoms with Gasteiger partial charge in [-0.3, -0.25) is 4.99 Å². The molecule has 0 radical (unpaired) electrons. The Hall–Kier alpha value is -0.810. The first kappa shape index (κ1) is 23.2. The fourth-order valence-electron chi connectivity index (χ4n) is 2.87. The van der Waals surface area contributed by atoms with E-state index < -0.39 is 0 Å². The van der Waals surface area contributed by atoms with Crippen LogP contribution < -0.4 is 0 Å². The summed E-state index contributed by atoms with van der Waals surface area (Å²) in [5, 5.41) is 0. The number of aliphatic imine (C=N–C) groups is 1. The van der Waals surface area contributed by atoms with Gasteiger partial charge in [-0.15, -0.1) is 5.73 Å². The van der Waals surface area contributed by atoms with E-state index in [1.165, 1.54) is 102 Å². The Morgan fingerprint density at radius 1 is 0.667 bits per heavy atom. The van der Waals surface area contributed by atoms with Crippen molar-refractivity contribution in [3.63, 3.8) is 0 Å². The highest BCUT2D eigenvalue weighted by molar-refractivity contribution is 5.84. The van der Waals surface area contributed by atoms with Gasteiger partial charge in [0, 0.05) is 12.3 Å². The van der Waals surface area contributed by atoms with Crippen molar-refractivity contribution in [1.82, 2.24) is 0 Å². The normalized spacial score (nSPS) is 11.4. The molecule has 0 aromatic heterocycles.